The number of ether oxygens (including phenoxy) is 1. The van der Waals surface area contributed by atoms with E-state index in [0.29, 0.717) is 28.7 Å². The molecule has 0 radical (unpaired) electrons. The minimum absolute atomic E-state index is 0.0207. The number of hydrogen-bond donors (Lipinski definition) is 1. The first-order valence-corrected chi connectivity index (χ1v) is 11.8. The number of fused-ring (bicyclic) bond motifs is 1. The number of nitro benzene ring substituents is 1. The van der Waals surface area contributed by atoms with Crippen LogP contribution in [0.5, 0.6) is 5.75 Å². The summed E-state index contributed by atoms with van der Waals surface area (Å²) in [4.78, 5) is 38.0. The fourth-order valence-corrected chi connectivity index (χ4v) is 5.19. The molecule has 174 valence electrons. The Morgan fingerprint density at radius 3 is 2.53 bits per heavy atom. The Kier molecular flexibility index (Phi) is 5.70. The second kappa shape index (κ2) is 8.82. The van der Waals surface area contributed by atoms with E-state index in [-0.39, 0.29) is 30.5 Å². The fourth-order valence-electron chi connectivity index (χ4n) is 4.16. The molecule has 34 heavy (non-hydrogen) atoms. The van der Waals surface area contributed by atoms with E-state index in [1.54, 1.807) is 64.9 Å². The molecule has 0 bridgehead atoms. The van der Waals surface area contributed by atoms with Crippen molar-refractivity contribution in [2.24, 2.45) is 5.92 Å². The molecule has 1 saturated heterocycles. The second-order valence-electron chi connectivity index (χ2n) is 8.04. The van der Waals surface area contributed by atoms with Gasteiger partial charge in [0.05, 0.1) is 29.3 Å². The van der Waals surface area contributed by atoms with E-state index >= 15 is 0 Å². The van der Waals surface area contributed by atoms with Crippen molar-refractivity contribution in [3.63, 3.8) is 0 Å². The SMILES string of the molecule is COc1ccc(N2CC(C(=O)Nc3c4c(nn3-c3ccc([N+](=O)[O-])cc3)CSC4)CC2=O)cc1. The zero-order valence-corrected chi connectivity index (χ0v) is 19.1. The molecule has 2 aliphatic heterocycles. The van der Waals surface area contributed by atoms with Gasteiger partial charge in [-0.2, -0.15) is 16.9 Å². The quantitative estimate of drug-likeness (QED) is 0.424. The van der Waals surface area contributed by atoms with Crippen LogP contribution >= 0.6 is 11.8 Å². The highest BCUT2D eigenvalue weighted by Gasteiger charge is 2.36. The third-order valence-electron chi connectivity index (χ3n) is 5.98. The minimum Gasteiger partial charge on any atom is -0.497 e. The summed E-state index contributed by atoms with van der Waals surface area (Å²) in [5.41, 5.74) is 3.12. The maximum atomic E-state index is 13.2. The summed E-state index contributed by atoms with van der Waals surface area (Å²) in [5.74, 6) is 1.79. The van der Waals surface area contributed by atoms with Gasteiger partial charge in [0.1, 0.15) is 11.6 Å². The van der Waals surface area contributed by atoms with Crippen LogP contribution in [0.25, 0.3) is 5.69 Å². The van der Waals surface area contributed by atoms with Crippen LogP contribution in [0.2, 0.25) is 0 Å². The number of nitro groups is 1. The molecule has 1 fully saturated rings. The average molecular weight is 480 g/mol. The van der Waals surface area contributed by atoms with Crippen molar-refractivity contribution < 1.29 is 19.2 Å². The molecular weight excluding hydrogens is 458 g/mol. The van der Waals surface area contributed by atoms with Gasteiger partial charge in [0.25, 0.3) is 5.69 Å². The Morgan fingerprint density at radius 1 is 1.15 bits per heavy atom. The molecule has 2 aromatic carbocycles. The molecule has 3 heterocycles. The molecule has 1 unspecified atom stereocenters. The molecule has 10 nitrogen and oxygen atoms in total. The van der Waals surface area contributed by atoms with E-state index in [9.17, 15) is 19.7 Å². The molecule has 0 saturated carbocycles. The van der Waals surface area contributed by atoms with Gasteiger partial charge in [-0.1, -0.05) is 0 Å². The van der Waals surface area contributed by atoms with Crippen molar-refractivity contribution in [2.45, 2.75) is 17.9 Å². The molecular formula is C23H21N5O5S. The van der Waals surface area contributed by atoms with Gasteiger partial charge in [-0.3, -0.25) is 19.7 Å². The zero-order chi connectivity index (χ0) is 23.8. The first kappa shape index (κ1) is 22.0. The van der Waals surface area contributed by atoms with Crippen LogP contribution in [0, 0.1) is 16.0 Å². The smallest absolute Gasteiger partial charge is 0.269 e. The van der Waals surface area contributed by atoms with E-state index in [2.05, 4.69) is 10.4 Å². The molecule has 0 aliphatic carbocycles. The molecule has 0 spiro atoms. The number of anilines is 2. The van der Waals surface area contributed by atoms with E-state index in [1.165, 1.54) is 12.1 Å². The largest absolute Gasteiger partial charge is 0.497 e. The van der Waals surface area contributed by atoms with Crippen LogP contribution in [-0.2, 0) is 21.1 Å². The van der Waals surface area contributed by atoms with Gasteiger partial charge in [-0.05, 0) is 36.4 Å². The Hall–Kier alpha value is -3.86. The molecule has 5 rings (SSSR count). The Balaban J connectivity index is 1.37. The molecule has 1 aromatic heterocycles. The number of thioether (sulfide) groups is 1. The van der Waals surface area contributed by atoms with Gasteiger partial charge in [0.2, 0.25) is 11.8 Å². The lowest BCUT2D eigenvalue weighted by Gasteiger charge is -2.17. The molecule has 2 aliphatic rings. The highest BCUT2D eigenvalue weighted by Crippen LogP contribution is 2.37. The van der Waals surface area contributed by atoms with Crippen LogP contribution < -0.4 is 15.0 Å². The summed E-state index contributed by atoms with van der Waals surface area (Å²) in [6.45, 7) is 0.277. The molecule has 3 aromatic rings. The third-order valence-corrected chi connectivity index (χ3v) is 6.95. The van der Waals surface area contributed by atoms with Crippen molar-refractivity contribution in [3.05, 3.63) is 69.9 Å². The molecule has 1 N–H and O–H groups in total. The van der Waals surface area contributed by atoms with Crippen LogP contribution in [-0.4, -0.2) is 40.2 Å². The Morgan fingerprint density at radius 2 is 1.85 bits per heavy atom. The van der Waals surface area contributed by atoms with E-state index in [4.69, 9.17) is 4.74 Å². The number of carbonyl (C=O) groups excluding carboxylic acids is 2. The highest BCUT2D eigenvalue weighted by atomic mass is 32.2. The highest BCUT2D eigenvalue weighted by molar-refractivity contribution is 7.98. The van der Waals surface area contributed by atoms with Crippen LogP contribution in [0.3, 0.4) is 0 Å². The predicted molar refractivity (Wildman–Crippen MR) is 127 cm³/mol. The van der Waals surface area contributed by atoms with E-state index in [0.717, 1.165) is 17.0 Å². The summed E-state index contributed by atoms with van der Waals surface area (Å²) in [6, 6.07) is 13.2. The number of methoxy groups -OCH3 is 1. The van der Waals surface area contributed by atoms with Crippen molar-refractivity contribution in [3.8, 4) is 11.4 Å². The summed E-state index contributed by atoms with van der Waals surface area (Å²) in [6.07, 6.45) is 0.112. The summed E-state index contributed by atoms with van der Waals surface area (Å²) in [5, 5.41) is 18.6. The number of hydrogen-bond acceptors (Lipinski definition) is 7. The number of carbonyl (C=O) groups is 2. The van der Waals surface area contributed by atoms with E-state index in [1.807, 2.05) is 0 Å². The summed E-state index contributed by atoms with van der Waals surface area (Å²) in [7, 11) is 1.58. The average Bonchev–Trinajstić information content (AvgIpc) is 3.55. The van der Waals surface area contributed by atoms with Gasteiger partial charge in [-0.15, -0.1) is 0 Å². The van der Waals surface area contributed by atoms with Gasteiger partial charge in [-0.25, -0.2) is 4.68 Å². The topological polar surface area (TPSA) is 120 Å². The normalized spacial score (nSPS) is 17.0. The standard InChI is InChI=1S/C23H21N5O5S/c1-33-18-8-6-15(7-9-18)26-11-14(10-21(26)29)23(30)24-22-19-12-34-13-20(19)25-27(22)16-2-4-17(5-3-16)28(31)32/h2-9,14H,10-13H2,1H3,(H,24,30). The number of benzene rings is 2. The lowest BCUT2D eigenvalue weighted by Crippen LogP contribution is -2.28. The van der Waals surface area contributed by atoms with Crippen molar-refractivity contribution in [1.82, 2.24) is 9.78 Å². The van der Waals surface area contributed by atoms with Crippen LogP contribution in [0.4, 0.5) is 17.2 Å². The van der Waals surface area contributed by atoms with Crippen LogP contribution in [0.15, 0.2) is 48.5 Å². The van der Waals surface area contributed by atoms with Crippen molar-refractivity contribution in [1.29, 1.82) is 0 Å². The first-order valence-electron chi connectivity index (χ1n) is 10.6. The lowest BCUT2D eigenvalue weighted by molar-refractivity contribution is -0.384. The third kappa shape index (κ3) is 3.98. The van der Waals surface area contributed by atoms with Gasteiger partial charge >= 0.3 is 0 Å². The Labute approximate surface area is 199 Å². The summed E-state index contributed by atoms with van der Waals surface area (Å²) >= 11 is 1.71. The van der Waals surface area contributed by atoms with Gasteiger partial charge in [0.15, 0.2) is 0 Å². The number of amides is 2. The predicted octanol–water partition coefficient (Wildman–Crippen LogP) is 3.53. The maximum absolute atomic E-state index is 13.2. The van der Waals surface area contributed by atoms with E-state index < -0.39 is 10.8 Å². The van der Waals surface area contributed by atoms with Gasteiger partial charge < -0.3 is 15.0 Å². The number of nitrogens with zero attached hydrogens (tertiary/aromatic N) is 4. The maximum Gasteiger partial charge on any atom is 0.269 e. The number of rotatable bonds is 6. The summed E-state index contributed by atoms with van der Waals surface area (Å²) < 4.78 is 6.78. The molecule has 1 atom stereocenters. The Bertz CT molecular complexity index is 1270. The zero-order valence-electron chi connectivity index (χ0n) is 18.3. The monoisotopic (exact) mass is 479 g/mol. The fraction of sp³-hybridized carbons (Fsp3) is 0.261. The van der Waals surface area contributed by atoms with Crippen molar-refractivity contribution >= 4 is 40.8 Å². The second-order valence-corrected chi connectivity index (χ2v) is 9.03. The minimum atomic E-state index is -0.514. The molecule has 11 heteroatoms. The number of non-ortho nitro benzene ring substituents is 1. The van der Waals surface area contributed by atoms with Gasteiger partial charge in [0, 0.05) is 47.9 Å². The number of aromatic nitrogens is 2. The van der Waals surface area contributed by atoms with Crippen molar-refractivity contribution in [2.75, 3.05) is 23.9 Å². The van der Waals surface area contributed by atoms with Crippen LogP contribution in [0.1, 0.15) is 17.7 Å². The number of nitrogens with one attached hydrogen (secondary N) is 1. The molecule has 2 amide bonds. The first-order chi connectivity index (χ1) is 16.4. The lowest BCUT2D eigenvalue weighted by atomic mass is 10.1.